The number of benzene rings is 2. The predicted octanol–water partition coefficient (Wildman–Crippen LogP) is 2.68. The molecule has 0 unspecified atom stereocenters. The number of hydrogen-bond acceptors (Lipinski definition) is 3. The van der Waals surface area contributed by atoms with E-state index >= 15 is 0 Å². The Balaban J connectivity index is 1.50. The number of hydrogen-bond donors (Lipinski definition) is 1. The van der Waals surface area contributed by atoms with Crippen molar-refractivity contribution in [3.05, 3.63) is 71.5 Å². The van der Waals surface area contributed by atoms with Crippen molar-refractivity contribution in [1.29, 1.82) is 0 Å². The van der Waals surface area contributed by atoms with E-state index in [0.717, 1.165) is 12.0 Å². The van der Waals surface area contributed by atoms with E-state index in [1.54, 1.807) is 18.2 Å². The number of halogens is 1. The van der Waals surface area contributed by atoms with Gasteiger partial charge in [-0.3, -0.25) is 4.79 Å². The van der Waals surface area contributed by atoms with Crippen LogP contribution in [0.15, 0.2) is 59.8 Å². The predicted molar refractivity (Wildman–Crippen MR) is 85.6 cm³/mol. The lowest BCUT2D eigenvalue weighted by Gasteiger charge is -2.09. The Hall–Kier alpha value is -2.69. The summed E-state index contributed by atoms with van der Waals surface area (Å²) in [5, 5.41) is 6.68. The number of nitrogens with zero attached hydrogens (tertiary/aromatic N) is 1. The molecule has 3 rings (SSSR count). The van der Waals surface area contributed by atoms with E-state index in [4.69, 9.17) is 4.84 Å². The highest BCUT2D eigenvalue weighted by Crippen LogP contribution is 2.19. The Morgan fingerprint density at radius 1 is 1.17 bits per heavy atom. The Morgan fingerprint density at radius 2 is 1.91 bits per heavy atom. The van der Waals surface area contributed by atoms with Gasteiger partial charge in [-0.1, -0.05) is 53.7 Å². The lowest BCUT2D eigenvalue weighted by molar-refractivity contribution is -0.131. The van der Waals surface area contributed by atoms with E-state index < -0.39 is 6.10 Å². The smallest absolute Gasteiger partial charge is 0.264 e. The van der Waals surface area contributed by atoms with Crippen LogP contribution >= 0.6 is 0 Å². The molecule has 0 bridgehead atoms. The van der Waals surface area contributed by atoms with E-state index in [-0.39, 0.29) is 18.1 Å². The Kier molecular flexibility index (Phi) is 4.66. The van der Waals surface area contributed by atoms with Gasteiger partial charge in [0.2, 0.25) is 6.10 Å². The summed E-state index contributed by atoms with van der Waals surface area (Å²) in [6, 6.07) is 16.2. The second-order valence-corrected chi connectivity index (χ2v) is 5.34. The maximum absolute atomic E-state index is 13.7. The van der Waals surface area contributed by atoms with Gasteiger partial charge in [0.15, 0.2) is 0 Å². The molecule has 1 heterocycles. The van der Waals surface area contributed by atoms with Crippen molar-refractivity contribution >= 4 is 11.6 Å². The first-order chi connectivity index (χ1) is 11.2. The van der Waals surface area contributed by atoms with E-state index in [1.807, 2.05) is 30.3 Å². The van der Waals surface area contributed by atoms with Crippen LogP contribution in [-0.4, -0.2) is 24.3 Å². The molecule has 1 aliphatic heterocycles. The van der Waals surface area contributed by atoms with E-state index in [1.165, 1.54) is 6.07 Å². The third kappa shape index (κ3) is 3.74. The molecule has 0 fully saturated rings. The molecule has 0 aromatic heterocycles. The molecule has 2 aromatic carbocycles. The highest BCUT2D eigenvalue weighted by atomic mass is 19.1. The van der Waals surface area contributed by atoms with Gasteiger partial charge in [-0.2, -0.15) is 0 Å². The number of nitrogens with one attached hydrogen (secondary N) is 1. The third-order valence-corrected chi connectivity index (χ3v) is 3.70. The van der Waals surface area contributed by atoms with Crippen LogP contribution in [0.2, 0.25) is 0 Å². The largest absolute Gasteiger partial charge is 0.382 e. The van der Waals surface area contributed by atoms with Crippen molar-refractivity contribution in [3.8, 4) is 0 Å². The molecule has 5 heteroatoms. The first-order valence-electron chi connectivity index (χ1n) is 7.53. The molecule has 1 aliphatic rings. The summed E-state index contributed by atoms with van der Waals surface area (Å²) in [5.41, 5.74) is 2.00. The van der Waals surface area contributed by atoms with Crippen LogP contribution in [-0.2, 0) is 16.1 Å². The molecule has 23 heavy (non-hydrogen) atoms. The minimum absolute atomic E-state index is 0.226. The average molecular weight is 312 g/mol. The molecule has 0 aliphatic carbocycles. The van der Waals surface area contributed by atoms with Crippen LogP contribution in [0.25, 0.3) is 0 Å². The number of carbonyl (C=O) groups excluding carboxylic acids is 1. The van der Waals surface area contributed by atoms with Crippen LogP contribution in [0.4, 0.5) is 4.39 Å². The second kappa shape index (κ2) is 7.05. The first-order valence-corrected chi connectivity index (χ1v) is 7.53. The topological polar surface area (TPSA) is 50.7 Å². The van der Waals surface area contributed by atoms with E-state index in [2.05, 4.69) is 10.5 Å². The van der Waals surface area contributed by atoms with Gasteiger partial charge in [0.05, 0.1) is 5.71 Å². The minimum Gasteiger partial charge on any atom is -0.382 e. The van der Waals surface area contributed by atoms with Crippen LogP contribution in [0.3, 0.4) is 0 Å². The summed E-state index contributed by atoms with van der Waals surface area (Å²) < 4.78 is 13.7. The molecule has 1 N–H and O–H groups in total. The van der Waals surface area contributed by atoms with Gasteiger partial charge in [0.25, 0.3) is 5.91 Å². The molecule has 4 nitrogen and oxygen atoms in total. The summed E-state index contributed by atoms with van der Waals surface area (Å²) in [7, 11) is 0. The summed E-state index contributed by atoms with van der Waals surface area (Å²) in [5.74, 6) is -0.587. The molecule has 1 atom stereocenters. The molecule has 1 amide bonds. The second-order valence-electron chi connectivity index (χ2n) is 5.34. The van der Waals surface area contributed by atoms with Crippen molar-refractivity contribution < 1.29 is 14.0 Å². The number of amides is 1. The molecule has 0 spiro atoms. The Labute approximate surface area is 134 Å². The van der Waals surface area contributed by atoms with E-state index in [0.29, 0.717) is 17.8 Å². The SMILES string of the molecule is O=C(NCCc1ccccc1)[C@@H]1CC(c2ccccc2F)=NO1. The normalized spacial score (nSPS) is 16.6. The summed E-state index contributed by atoms with van der Waals surface area (Å²) >= 11 is 0. The fraction of sp³-hybridized carbons (Fsp3) is 0.222. The quantitative estimate of drug-likeness (QED) is 0.923. The van der Waals surface area contributed by atoms with Gasteiger partial charge in [-0.25, -0.2) is 4.39 Å². The summed E-state index contributed by atoms with van der Waals surface area (Å²) in [4.78, 5) is 17.2. The van der Waals surface area contributed by atoms with E-state index in [9.17, 15) is 9.18 Å². The third-order valence-electron chi connectivity index (χ3n) is 3.70. The molecule has 0 saturated carbocycles. The van der Waals surface area contributed by atoms with Gasteiger partial charge in [0.1, 0.15) is 5.82 Å². The molecular formula is C18H17FN2O2. The maximum atomic E-state index is 13.7. The van der Waals surface area contributed by atoms with Gasteiger partial charge < -0.3 is 10.2 Å². The monoisotopic (exact) mass is 312 g/mol. The van der Waals surface area contributed by atoms with Crippen molar-refractivity contribution in [2.24, 2.45) is 5.16 Å². The zero-order valence-electron chi connectivity index (χ0n) is 12.5. The number of rotatable bonds is 5. The van der Waals surface area contributed by atoms with Gasteiger partial charge in [0, 0.05) is 18.5 Å². The molecule has 0 saturated heterocycles. The highest BCUT2D eigenvalue weighted by Gasteiger charge is 2.29. The van der Waals surface area contributed by atoms with Gasteiger partial charge in [-0.05, 0) is 18.1 Å². The molecule has 2 aromatic rings. The molecule has 118 valence electrons. The molecule has 0 radical (unpaired) electrons. The fourth-order valence-corrected chi connectivity index (χ4v) is 2.46. The van der Waals surface area contributed by atoms with Crippen molar-refractivity contribution in [2.45, 2.75) is 18.9 Å². The van der Waals surface area contributed by atoms with Crippen molar-refractivity contribution in [1.82, 2.24) is 5.32 Å². The van der Waals surface area contributed by atoms with Gasteiger partial charge in [-0.15, -0.1) is 0 Å². The van der Waals surface area contributed by atoms with Gasteiger partial charge >= 0.3 is 0 Å². The lowest BCUT2D eigenvalue weighted by Crippen LogP contribution is -2.36. The van der Waals surface area contributed by atoms with Crippen LogP contribution < -0.4 is 5.32 Å². The van der Waals surface area contributed by atoms with Crippen molar-refractivity contribution in [3.63, 3.8) is 0 Å². The standard InChI is InChI=1S/C18H17FN2O2/c19-15-9-5-4-8-14(15)16-12-17(23-21-16)18(22)20-11-10-13-6-2-1-3-7-13/h1-9,17H,10-12H2,(H,20,22)/t17-/m0/s1. The fourth-order valence-electron chi connectivity index (χ4n) is 2.46. The van der Waals surface area contributed by atoms with Crippen LogP contribution in [0, 0.1) is 5.82 Å². The lowest BCUT2D eigenvalue weighted by atomic mass is 10.0. The van der Waals surface area contributed by atoms with Crippen LogP contribution in [0.1, 0.15) is 17.5 Å². The minimum atomic E-state index is -0.694. The maximum Gasteiger partial charge on any atom is 0.264 e. The Bertz CT molecular complexity index is 716. The highest BCUT2D eigenvalue weighted by molar-refractivity contribution is 6.04. The number of carbonyl (C=O) groups is 1. The molecular weight excluding hydrogens is 295 g/mol. The number of oxime groups is 1. The Morgan fingerprint density at radius 3 is 2.70 bits per heavy atom. The average Bonchev–Trinajstić information content (AvgIpc) is 3.06. The summed E-state index contributed by atoms with van der Waals surface area (Å²) in [6.07, 6.45) is 0.332. The zero-order chi connectivity index (χ0) is 16.1. The first kappa shape index (κ1) is 15.2. The van der Waals surface area contributed by atoms with Crippen LogP contribution in [0.5, 0.6) is 0 Å². The zero-order valence-corrected chi connectivity index (χ0v) is 12.5. The summed E-state index contributed by atoms with van der Waals surface area (Å²) in [6.45, 7) is 0.526. The van der Waals surface area contributed by atoms with Crippen molar-refractivity contribution in [2.75, 3.05) is 6.54 Å².